The predicted octanol–water partition coefficient (Wildman–Crippen LogP) is 5.45. The summed E-state index contributed by atoms with van der Waals surface area (Å²) >= 11 is 7.99. The molecule has 1 aliphatic heterocycles. The van der Waals surface area contributed by atoms with Crippen LogP contribution in [0.4, 0.5) is 0 Å². The van der Waals surface area contributed by atoms with Crippen molar-refractivity contribution in [1.29, 1.82) is 0 Å². The molecular weight excluding hydrogens is 376 g/mol. The first-order valence-electron chi connectivity index (χ1n) is 9.44. The summed E-state index contributed by atoms with van der Waals surface area (Å²) in [5.74, 6) is 0.753. The Hall–Kier alpha value is -1.91. The van der Waals surface area contributed by atoms with Gasteiger partial charge in [0, 0.05) is 46.7 Å². The number of amides is 1. The van der Waals surface area contributed by atoms with Crippen molar-refractivity contribution in [3.05, 3.63) is 65.3 Å². The summed E-state index contributed by atoms with van der Waals surface area (Å²) in [6.07, 6.45) is 5.66. The molecule has 4 rings (SSSR count). The molecule has 0 radical (unpaired) electrons. The molecule has 3 aromatic rings. The van der Waals surface area contributed by atoms with E-state index < -0.39 is 0 Å². The average Bonchev–Trinajstić information content (AvgIpc) is 3.06. The van der Waals surface area contributed by atoms with Crippen LogP contribution in [0.2, 0.25) is 5.02 Å². The first-order chi connectivity index (χ1) is 13.2. The highest BCUT2D eigenvalue weighted by molar-refractivity contribution is 8.00. The quantitative estimate of drug-likeness (QED) is 0.534. The van der Waals surface area contributed by atoms with Crippen LogP contribution in [0.15, 0.2) is 59.6 Å². The van der Waals surface area contributed by atoms with Crippen molar-refractivity contribution in [3.63, 3.8) is 0 Å². The second-order valence-corrected chi connectivity index (χ2v) is 8.38. The SMILES string of the molecule is O=C(CSc1cn(Cc2ccccc2Cl)c2ccccc12)N1CCCCC1. The number of fused-ring (bicyclic) bond motifs is 1. The van der Waals surface area contributed by atoms with Gasteiger partial charge in [-0.25, -0.2) is 0 Å². The third kappa shape index (κ3) is 4.17. The van der Waals surface area contributed by atoms with Crippen molar-refractivity contribution >= 4 is 40.2 Å². The minimum Gasteiger partial charge on any atom is -0.342 e. The molecule has 3 nitrogen and oxygen atoms in total. The minimum atomic E-state index is 0.252. The first-order valence-corrected chi connectivity index (χ1v) is 10.8. The number of aromatic nitrogens is 1. The smallest absolute Gasteiger partial charge is 0.232 e. The molecule has 2 aromatic carbocycles. The van der Waals surface area contributed by atoms with E-state index in [4.69, 9.17) is 11.6 Å². The number of para-hydroxylation sites is 1. The lowest BCUT2D eigenvalue weighted by atomic mass is 10.1. The third-order valence-corrected chi connectivity index (χ3v) is 6.51. The molecule has 0 saturated carbocycles. The van der Waals surface area contributed by atoms with Gasteiger partial charge in [0.25, 0.3) is 0 Å². The predicted molar refractivity (Wildman–Crippen MR) is 114 cm³/mol. The fourth-order valence-corrected chi connectivity index (χ4v) is 4.83. The van der Waals surface area contributed by atoms with Gasteiger partial charge in [0.15, 0.2) is 0 Å². The molecule has 5 heteroatoms. The molecule has 2 heterocycles. The van der Waals surface area contributed by atoms with Crippen LogP contribution in [0.1, 0.15) is 24.8 Å². The lowest BCUT2D eigenvalue weighted by Gasteiger charge is -2.26. The number of nitrogens with zero attached hydrogens (tertiary/aromatic N) is 2. The van der Waals surface area contributed by atoms with E-state index in [0.717, 1.165) is 48.0 Å². The van der Waals surface area contributed by atoms with Crippen molar-refractivity contribution < 1.29 is 4.79 Å². The second kappa shape index (κ2) is 8.41. The molecule has 0 bridgehead atoms. The molecule has 1 aromatic heterocycles. The average molecular weight is 399 g/mol. The Balaban J connectivity index is 1.54. The molecule has 0 aliphatic carbocycles. The van der Waals surface area contributed by atoms with Gasteiger partial charge in [-0.05, 0) is 37.0 Å². The van der Waals surface area contributed by atoms with Crippen LogP contribution in [0, 0.1) is 0 Å². The lowest BCUT2D eigenvalue weighted by molar-refractivity contribution is -0.129. The standard InChI is InChI=1S/C22H23ClN2OS/c23-19-10-4-2-8-17(19)14-25-15-21(18-9-3-5-11-20(18)25)27-16-22(26)24-12-6-1-7-13-24/h2-5,8-11,15H,1,6-7,12-14,16H2. The molecule has 1 saturated heterocycles. The number of halogens is 1. The fraction of sp³-hybridized carbons (Fsp3) is 0.318. The number of rotatable bonds is 5. The van der Waals surface area contributed by atoms with Crippen molar-refractivity contribution in [1.82, 2.24) is 9.47 Å². The Bertz CT molecular complexity index is 946. The highest BCUT2D eigenvalue weighted by Crippen LogP contribution is 2.31. The topological polar surface area (TPSA) is 25.2 Å². The maximum Gasteiger partial charge on any atom is 0.232 e. The van der Waals surface area contributed by atoms with Crippen molar-refractivity contribution in [2.45, 2.75) is 30.7 Å². The summed E-state index contributed by atoms with van der Waals surface area (Å²) in [6.45, 7) is 2.54. The molecule has 27 heavy (non-hydrogen) atoms. The summed E-state index contributed by atoms with van der Waals surface area (Å²) in [5.41, 5.74) is 2.27. The van der Waals surface area contributed by atoms with Crippen LogP contribution < -0.4 is 0 Å². The van der Waals surface area contributed by atoms with E-state index >= 15 is 0 Å². The van der Waals surface area contributed by atoms with E-state index in [-0.39, 0.29) is 5.91 Å². The summed E-state index contributed by atoms with van der Waals surface area (Å²) < 4.78 is 2.23. The van der Waals surface area contributed by atoms with Gasteiger partial charge in [-0.1, -0.05) is 48.0 Å². The first kappa shape index (κ1) is 18.5. The number of carbonyl (C=O) groups is 1. The molecule has 0 unspecified atom stereocenters. The van der Waals surface area contributed by atoms with E-state index in [2.05, 4.69) is 41.1 Å². The molecule has 1 aliphatic rings. The second-order valence-electron chi connectivity index (χ2n) is 6.96. The molecule has 140 valence electrons. The Kier molecular flexibility index (Phi) is 5.74. The van der Waals surface area contributed by atoms with Crippen LogP contribution >= 0.6 is 23.4 Å². The zero-order valence-electron chi connectivity index (χ0n) is 15.2. The Morgan fingerprint density at radius 3 is 2.56 bits per heavy atom. The van der Waals surface area contributed by atoms with Gasteiger partial charge >= 0.3 is 0 Å². The van der Waals surface area contributed by atoms with Gasteiger partial charge in [0.05, 0.1) is 5.75 Å². The number of piperidine rings is 1. The van der Waals surface area contributed by atoms with Crippen LogP contribution in [-0.4, -0.2) is 34.2 Å². The van der Waals surface area contributed by atoms with Crippen LogP contribution in [0.5, 0.6) is 0 Å². The normalized spacial score (nSPS) is 14.6. The summed E-state index contributed by atoms with van der Waals surface area (Å²) in [4.78, 5) is 15.7. The molecule has 0 spiro atoms. The van der Waals surface area contributed by atoms with Crippen molar-refractivity contribution in [2.75, 3.05) is 18.8 Å². The van der Waals surface area contributed by atoms with Crippen LogP contribution in [-0.2, 0) is 11.3 Å². The Morgan fingerprint density at radius 1 is 1.00 bits per heavy atom. The molecule has 0 atom stereocenters. The van der Waals surface area contributed by atoms with E-state index in [1.165, 1.54) is 17.3 Å². The minimum absolute atomic E-state index is 0.252. The highest BCUT2D eigenvalue weighted by atomic mass is 35.5. The zero-order chi connectivity index (χ0) is 18.6. The maximum atomic E-state index is 12.5. The largest absolute Gasteiger partial charge is 0.342 e. The zero-order valence-corrected chi connectivity index (χ0v) is 16.8. The van der Waals surface area contributed by atoms with Crippen LogP contribution in [0.3, 0.4) is 0 Å². The van der Waals surface area contributed by atoms with E-state index in [1.54, 1.807) is 11.8 Å². The number of hydrogen-bond donors (Lipinski definition) is 0. The fourth-order valence-electron chi connectivity index (χ4n) is 3.64. The molecular formula is C22H23ClN2OS. The number of thioether (sulfide) groups is 1. The summed E-state index contributed by atoms with van der Waals surface area (Å²) in [6, 6.07) is 16.3. The summed E-state index contributed by atoms with van der Waals surface area (Å²) in [5, 5.41) is 1.98. The summed E-state index contributed by atoms with van der Waals surface area (Å²) in [7, 11) is 0. The van der Waals surface area contributed by atoms with E-state index in [0.29, 0.717) is 5.75 Å². The van der Waals surface area contributed by atoms with E-state index in [1.807, 2.05) is 23.1 Å². The van der Waals surface area contributed by atoms with Gasteiger partial charge in [-0.3, -0.25) is 4.79 Å². The van der Waals surface area contributed by atoms with E-state index in [9.17, 15) is 4.79 Å². The highest BCUT2D eigenvalue weighted by Gasteiger charge is 2.18. The molecule has 0 N–H and O–H groups in total. The Labute approximate surface area is 169 Å². The monoisotopic (exact) mass is 398 g/mol. The van der Waals surface area contributed by atoms with Gasteiger partial charge < -0.3 is 9.47 Å². The van der Waals surface area contributed by atoms with Gasteiger partial charge in [0.1, 0.15) is 0 Å². The van der Waals surface area contributed by atoms with Crippen molar-refractivity contribution in [3.8, 4) is 0 Å². The van der Waals surface area contributed by atoms with Gasteiger partial charge in [-0.15, -0.1) is 11.8 Å². The number of carbonyl (C=O) groups excluding carboxylic acids is 1. The van der Waals surface area contributed by atoms with Crippen LogP contribution in [0.25, 0.3) is 10.9 Å². The number of benzene rings is 2. The third-order valence-electron chi connectivity index (χ3n) is 5.11. The maximum absolute atomic E-state index is 12.5. The number of hydrogen-bond acceptors (Lipinski definition) is 2. The molecule has 1 amide bonds. The van der Waals surface area contributed by atoms with Gasteiger partial charge in [-0.2, -0.15) is 0 Å². The number of likely N-dealkylation sites (tertiary alicyclic amines) is 1. The molecule has 1 fully saturated rings. The lowest BCUT2D eigenvalue weighted by Crippen LogP contribution is -2.36. The van der Waals surface area contributed by atoms with Gasteiger partial charge in [0.2, 0.25) is 5.91 Å². The Morgan fingerprint density at radius 2 is 1.74 bits per heavy atom. The van der Waals surface area contributed by atoms with Crippen molar-refractivity contribution in [2.24, 2.45) is 0 Å².